The fourth-order valence-corrected chi connectivity index (χ4v) is 5.48. The molecule has 0 radical (unpaired) electrons. The van der Waals surface area contributed by atoms with Crippen molar-refractivity contribution in [2.45, 2.75) is 18.6 Å². The van der Waals surface area contributed by atoms with Gasteiger partial charge >= 0.3 is 0 Å². The number of hydrogen-bond acceptors (Lipinski definition) is 3. The highest BCUT2D eigenvalue weighted by atomic mass is 35.5. The van der Waals surface area contributed by atoms with Crippen LogP contribution in [0.25, 0.3) is 10.8 Å². The lowest BCUT2D eigenvalue weighted by molar-refractivity contribution is -0.120. The molecule has 1 aliphatic rings. The van der Waals surface area contributed by atoms with Gasteiger partial charge in [-0.15, -0.1) is 0 Å². The fraction of sp³-hybridized carbons (Fsp3) is 0.261. The summed E-state index contributed by atoms with van der Waals surface area (Å²) >= 11 is 5.87. The Morgan fingerprint density at radius 2 is 1.63 bits per heavy atom. The topological polar surface area (TPSA) is 66.5 Å². The summed E-state index contributed by atoms with van der Waals surface area (Å²) in [5.41, 5.74) is 1.46. The Labute approximate surface area is 181 Å². The first-order chi connectivity index (χ1) is 14.4. The van der Waals surface area contributed by atoms with Crippen LogP contribution in [-0.2, 0) is 20.6 Å². The summed E-state index contributed by atoms with van der Waals surface area (Å²) in [6.07, 6.45) is 1.03. The van der Waals surface area contributed by atoms with Crippen LogP contribution in [0.3, 0.4) is 0 Å². The molecule has 1 aliphatic heterocycles. The van der Waals surface area contributed by atoms with E-state index < -0.39 is 10.0 Å². The normalized spacial score (nSPS) is 15.9. The van der Waals surface area contributed by atoms with E-state index in [1.54, 1.807) is 24.3 Å². The Kier molecular flexibility index (Phi) is 6.09. The van der Waals surface area contributed by atoms with Gasteiger partial charge in [-0.25, -0.2) is 12.7 Å². The number of nitrogens with one attached hydrogen (secondary N) is 1. The van der Waals surface area contributed by atoms with Gasteiger partial charge in [0.05, 0.1) is 5.75 Å². The molecule has 0 aliphatic carbocycles. The highest BCUT2D eigenvalue weighted by Crippen LogP contribution is 2.25. The maximum absolute atomic E-state index is 12.7. The van der Waals surface area contributed by atoms with Crippen molar-refractivity contribution < 1.29 is 13.2 Å². The molecule has 5 nitrogen and oxygen atoms in total. The van der Waals surface area contributed by atoms with E-state index in [1.807, 2.05) is 42.5 Å². The van der Waals surface area contributed by atoms with Crippen molar-refractivity contribution >= 4 is 44.0 Å². The highest BCUT2D eigenvalue weighted by Gasteiger charge is 2.31. The first kappa shape index (κ1) is 20.8. The number of carbonyl (C=O) groups excluding carboxylic acids is 1. The van der Waals surface area contributed by atoms with Gasteiger partial charge in [0.25, 0.3) is 0 Å². The van der Waals surface area contributed by atoms with Crippen LogP contribution >= 0.6 is 11.6 Å². The molecule has 1 amide bonds. The number of halogens is 1. The van der Waals surface area contributed by atoms with Crippen LogP contribution in [0.4, 0.5) is 5.69 Å². The zero-order valence-corrected chi connectivity index (χ0v) is 18.0. The molecule has 0 saturated carbocycles. The van der Waals surface area contributed by atoms with Crippen molar-refractivity contribution in [2.24, 2.45) is 5.92 Å². The predicted molar refractivity (Wildman–Crippen MR) is 121 cm³/mol. The van der Waals surface area contributed by atoms with Crippen molar-refractivity contribution in [1.82, 2.24) is 4.31 Å². The zero-order valence-electron chi connectivity index (χ0n) is 16.4. The highest BCUT2D eigenvalue weighted by molar-refractivity contribution is 7.88. The Morgan fingerprint density at radius 3 is 2.33 bits per heavy atom. The first-order valence-electron chi connectivity index (χ1n) is 9.93. The molecule has 1 heterocycles. The minimum Gasteiger partial charge on any atom is -0.326 e. The SMILES string of the molecule is O=C(Nc1ccc2ccccc2c1)C1CCN(S(=O)(=O)Cc2ccc(Cl)cc2)CC1. The number of piperidine rings is 1. The van der Waals surface area contributed by atoms with Crippen molar-refractivity contribution in [3.63, 3.8) is 0 Å². The molecular formula is C23H23ClN2O3S. The number of sulfonamides is 1. The molecule has 0 aromatic heterocycles. The molecule has 4 rings (SSSR count). The maximum Gasteiger partial charge on any atom is 0.227 e. The minimum atomic E-state index is -3.42. The predicted octanol–water partition coefficient (Wildman–Crippen LogP) is 4.67. The standard InChI is InChI=1S/C23H23ClN2O3S/c24-21-8-5-17(6-9-21)16-30(28,29)26-13-11-19(12-14-26)23(27)25-22-10-7-18-3-1-2-4-20(18)15-22/h1-10,15,19H,11-14,16H2,(H,25,27). The van der Waals surface area contributed by atoms with Crippen LogP contribution < -0.4 is 5.32 Å². The molecule has 1 fully saturated rings. The third-order valence-corrected chi connectivity index (χ3v) is 7.60. The fourth-order valence-electron chi connectivity index (χ4n) is 3.79. The Morgan fingerprint density at radius 1 is 0.967 bits per heavy atom. The number of amides is 1. The summed E-state index contributed by atoms with van der Waals surface area (Å²) in [5, 5.41) is 5.75. The van der Waals surface area contributed by atoms with Gasteiger partial charge < -0.3 is 5.32 Å². The number of benzene rings is 3. The van der Waals surface area contributed by atoms with Crippen molar-refractivity contribution in [2.75, 3.05) is 18.4 Å². The number of rotatable bonds is 5. The molecule has 0 spiro atoms. The second-order valence-corrected chi connectivity index (χ2v) is 10.0. The molecule has 3 aromatic rings. The van der Waals surface area contributed by atoms with Crippen LogP contribution in [0, 0.1) is 5.92 Å². The molecule has 0 atom stereocenters. The van der Waals surface area contributed by atoms with Gasteiger partial charge in [0, 0.05) is 29.7 Å². The summed E-state index contributed by atoms with van der Waals surface area (Å²) < 4.78 is 26.9. The van der Waals surface area contributed by atoms with Crippen molar-refractivity contribution in [3.05, 3.63) is 77.3 Å². The van der Waals surface area contributed by atoms with Crippen molar-refractivity contribution in [1.29, 1.82) is 0 Å². The molecule has 3 aromatic carbocycles. The van der Waals surface area contributed by atoms with E-state index in [0.29, 0.717) is 36.5 Å². The summed E-state index contributed by atoms with van der Waals surface area (Å²) in [6, 6.07) is 20.7. The third kappa shape index (κ3) is 4.83. The van der Waals surface area contributed by atoms with Gasteiger partial charge in [-0.05, 0) is 53.4 Å². The van der Waals surface area contributed by atoms with Gasteiger partial charge in [-0.3, -0.25) is 4.79 Å². The van der Waals surface area contributed by atoms with E-state index in [-0.39, 0.29) is 17.6 Å². The monoisotopic (exact) mass is 442 g/mol. The molecular weight excluding hydrogens is 420 g/mol. The summed E-state index contributed by atoms with van der Waals surface area (Å²) in [4.78, 5) is 12.7. The van der Waals surface area contributed by atoms with E-state index in [1.165, 1.54) is 4.31 Å². The van der Waals surface area contributed by atoms with Gasteiger partial charge in [-0.2, -0.15) is 0 Å². The molecule has 0 bridgehead atoms. The number of hydrogen-bond donors (Lipinski definition) is 1. The first-order valence-corrected chi connectivity index (χ1v) is 11.9. The lowest BCUT2D eigenvalue weighted by atomic mass is 9.97. The second kappa shape index (κ2) is 8.76. The number of carbonyl (C=O) groups is 1. The van der Waals surface area contributed by atoms with Crippen LogP contribution in [-0.4, -0.2) is 31.7 Å². The van der Waals surface area contributed by atoms with Crippen molar-refractivity contribution in [3.8, 4) is 0 Å². The Hall–Kier alpha value is -2.41. The van der Waals surface area contributed by atoms with Crippen LogP contribution in [0.15, 0.2) is 66.7 Å². The lowest BCUT2D eigenvalue weighted by Crippen LogP contribution is -2.41. The smallest absolute Gasteiger partial charge is 0.227 e. The third-order valence-electron chi connectivity index (χ3n) is 5.50. The molecule has 7 heteroatoms. The van der Waals surface area contributed by atoms with E-state index in [0.717, 1.165) is 16.5 Å². The number of nitrogens with zero attached hydrogens (tertiary/aromatic N) is 1. The molecule has 0 unspecified atom stereocenters. The molecule has 30 heavy (non-hydrogen) atoms. The van der Waals surface area contributed by atoms with Gasteiger partial charge in [-0.1, -0.05) is 54.1 Å². The van der Waals surface area contributed by atoms with Crippen LogP contribution in [0.1, 0.15) is 18.4 Å². The van der Waals surface area contributed by atoms with Gasteiger partial charge in [0.15, 0.2) is 0 Å². The molecule has 1 saturated heterocycles. The van der Waals surface area contributed by atoms with E-state index in [2.05, 4.69) is 5.32 Å². The zero-order chi connectivity index (χ0) is 21.1. The van der Waals surface area contributed by atoms with E-state index in [9.17, 15) is 13.2 Å². The molecule has 1 N–H and O–H groups in total. The number of fused-ring (bicyclic) bond motifs is 1. The summed E-state index contributed by atoms with van der Waals surface area (Å²) in [7, 11) is -3.42. The van der Waals surface area contributed by atoms with Crippen LogP contribution in [0.2, 0.25) is 5.02 Å². The van der Waals surface area contributed by atoms with Gasteiger partial charge in [0.1, 0.15) is 0 Å². The number of anilines is 1. The minimum absolute atomic E-state index is 0.0555. The Balaban J connectivity index is 1.35. The van der Waals surface area contributed by atoms with E-state index in [4.69, 9.17) is 11.6 Å². The average Bonchev–Trinajstić information content (AvgIpc) is 2.75. The summed E-state index contributed by atoms with van der Waals surface area (Å²) in [6.45, 7) is 0.706. The largest absolute Gasteiger partial charge is 0.326 e. The summed E-state index contributed by atoms with van der Waals surface area (Å²) in [5.74, 6) is -0.309. The average molecular weight is 443 g/mol. The van der Waals surface area contributed by atoms with Crippen LogP contribution in [0.5, 0.6) is 0 Å². The maximum atomic E-state index is 12.7. The quantitative estimate of drug-likeness (QED) is 0.624. The Bertz CT molecular complexity index is 1150. The molecule has 156 valence electrons. The second-order valence-electron chi connectivity index (χ2n) is 7.61. The lowest BCUT2D eigenvalue weighted by Gasteiger charge is -2.30. The van der Waals surface area contributed by atoms with E-state index >= 15 is 0 Å². The van der Waals surface area contributed by atoms with Gasteiger partial charge in [0.2, 0.25) is 15.9 Å².